The van der Waals surface area contributed by atoms with Gasteiger partial charge in [-0.2, -0.15) is 0 Å². The topological polar surface area (TPSA) is 105 Å². The first-order valence-electron chi connectivity index (χ1n) is 20.6. The molecule has 0 saturated heterocycles. The fraction of sp³-hybridized carbons (Fsp3) is 0.925. The molecule has 0 aromatic heterocycles. The number of nitrogens with one attached hydrogen (secondary N) is 1. The predicted molar refractivity (Wildman–Crippen MR) is 208 cm³/mol. The number of carbonyl (C=O) groups excluding carboxylic acids is 1. The van der Waals surface area contributed by atoms with Crippen molar-refractivity contribution in [3.63, 3.8) is 0 Å². The number of hydrogen-bond donors (Lipinski definition) is 3. The van der Waals surface area contributed by atoms with Gasteiger partial charge in [0.05, 0.1) is 39.9 Å². The second kappa shape index (κ2) is 33.1. The number of phosphoric acid groups is 1. The van der Waals surface area contributed by atoms with E-state index in [4.69, 9.17) is 9.05 Å². The molecule has 3 N–H and O–H groups in total. The molecule has 292 valence electrons. The number of unbranched alkanes of at least 4 members (excludes halogenated alkanes) is 22. The third kappa shape index (κ3) is 35.4. The Morgan fingerprint density at radius 3 is 1.57 bits per heavy atom. The average Bonchev–Trinajstić information content (AvgIpc) is 3.04. The van der Waals surface area contributed by atoms with Crippen molar-refractivity contribution in [3.8, 4) is 0 Å². The normalized spacial score (nSPS) is 14.7. The van der Waals surface area contributed by atoms with E-state index in [0.717, 1.165) is 38.5 Å². The van der Waals surface area contributed by atoms with Gasteiger partial charge in [0.1, 0.15) is 13.2 Å². The van der Waals surface area contributed by atoms with Crippen molar-refractivity contribution in [1.29, 1.82) is 0 Å². The van der Waals surface area contributed by atoms with Crippen molar-refractivity contribution in [3.05, 3.63) is 12.2 Å². The third-order valence-electron chi connectivity index (χ3n) is 9.26. The van der Waals surface area contributed by atoms with E-state index in [0.29, 0.717) is 23.9 Å². The maximum absolute atomic E-state index is 12.8. The molecule has 0 aliphatic heterocycles. The predicted octanol–water partition coefficient (Wildman–Crippen LogP) is 10.8. The van der Waals surface area contributed by atoms with E-state index >= 15 is 0 Å². The standard InChI is InChI=1S/C40H81N2O6P/c1-6-8-10-12-14-16-18-19-20-21-22-23-24-26-28-30-32-34-40(44)41-38(37-48-49(45,46)47-36-35-42(3,4)5)39(43)33-31-29-27-25-17-15-13-11-9-7-2/h19-20,38-39,43H,6-18,21-37H2,1-5H3,(H-,41,44,45,46)/p+1/b20-19-. The lowest BCUT2D eigenvalue weighted by Gasteiger charge is -2.26. The fourth-order valence-corrected chi connectivity index (χ4v) is 6.66. The molecule has 0 bridgehead atoms. The summed E-state index contributed by atoms with van der Waals surface area (Å²) in [7, 11) is 1.61. The summed E-state index contributed by atoms with van der Waals surface area (Å²) in [6.07, 6.45) is 35.2. The molecule has 0 rings (SSSR count). The van der Waals surface area contributed by atoms with Crippen LogP contribution < -0.4 is 5.32 Å². The number of likely N-dealkylation sites (N-methyl/N-ethyl adjacent to an activating group) is 1. The summed E-state index contributed by atoms with van der Waals surface area (Å²) in [5.74, 6) is -0.151. The highest BCUT2D eigenvalue weighted by Gasteiger charge is 2.28. The molecule has 0 aliphatic rings. The van der Waals surface area contributed by atoms with Crippen LogP contribution in [-0.2, 0) is 18.4 Å². The third-order valence-corrected chi connectivity index (χ3v) is 10.2. The highest BCUT2D eigenvalue weighted by molar-refractivity contribution is 7.47. The van der Waals surface area contributed by atoms with E-state index in [9.17, 15) is 19.4 Å². The molecule has 0 saturated carbocycles. The summed E-state index contributed by atoms with van der Waals surface area (Å²) >= 11 is 0. The summed E-state index contributed by atoms with van der Waals surface area (Å²) in [5, 5.41) is 13.9. The van der Waals surface area contributed by atoms with Gasteiger partial charge in [-0.05, 0) is 38.5 Å². The average molecular weight is 718 g/mol. The Morgan fingerprint density at radius 2 is 1.10 bits per heavy atom. The van der Waals surface area contributed by atoms with Gasteiger partial charge in [-0.1, -0.05) is 154 Å². The van der Waals surface area contributed by atoms with Crippen LogP contribution in [0.4, 0.5) is 0 Å². The molecule has 3 atom stereocenters. The van der Waals surface area contributed by atoms with Crippen LogP contribution in [-0.4, -0.2) is 73.4 Å². The van der Waals surface area contributed by atoms with Gasteiger partial charge in [-0.3, -0.25) is 13.8 Å². The largest absolute Gasteiger partial charge is 0.472 e. The number of aliphatic hydroxyl groups excluding tert-OH is 1. The van der Waals surface area contributed by atoms with E-state index in [2.05, 4.69) is 31.3 Å². The van der Waals surface area contributed by atoms with Gasteiger partial charge < -0.3 is 19.8 Å². The number of rotatable bonds is 37. The maximum atomic E-state index is 12.8. The summed E-state index contributed by atoms with van der Waals surface area (Å²) < 4.78 is 23.5. The minimum atomic E-state index is -4.30. The van der Waals surface area contributed by atoms with Crippen molar-refractivity contribution in [1.82, 2.24) is 5.32 Å². The number of phosphoric ester groups is 1. The summed E-state index contributed by atoms with van der Waals surface area (Å²) in [6, 6.07) is -0.756. The Balaban J connectivity index is 4.36. The van der Waals surface area contributed by atoms with Gasteiger partial charge >= 0.3 is 7.82 Å². The van der Waals surface area contributed by atoms with E-state index in [1.54, 1.807) is 0 Å². The smallest absolute Gasteiger partial charge is 0.391 e. The molecule has 0 aliphatic carbocycles. The van der Waals surface area contributed by atoms with Gasteiger partial charge in [-0.15, -0.1) is 0 Å². The lowest BCUT2D eigenvalue weighted by atomic mass is 10.0. The molecule has 0 aromatic carbocycles. The molecule has 1 amide bonds. The van der Waals surface area contributed by atoms with Crippen LogP contribution in [0, 0.1) is 0 Å². The molecule has 0 heterocycles. The highest BCUT2D eigenvalue weighted by atomic mass is 31.2. The van der Waals surface area contributed by atoms with Gasteiger partial charge in [0.2, 0.25) is 5.91 Å². The van der Waals surface area contributed by atoms with Crippen LogP contribution in [0.2, 0.25) is 0 Å². The zero-order chi connectivity index (χ0) is 36.5. The van der Waals surface area contributed by atoms with E-state index in [1.165, 1.54) is 122 Å². The lowest BCUT2D eigenvalue weighted by Crippen LogP contribution is -2.46. The van der Waals surface area contributed by atoms with Crippen LogP contribution in [0.25, 0.3) is 0 Å². The number of quaternary nitrogens is 1. The van der Waals surface area contributed by atoms with Crippen LogP contribution in [0.5, 0.6) is 0 Å². The summed E-state index contributed by atoms with van der Waals surface area (Å²) in [5.41, 5.74) is 0. The second-order valence-electron chi connectivity index (χ2n) is 15.4. The highest BCUT2D eigenvalue weighted by Crippen LogP contribution is 2.43. The van der Waals surface area contributed by atoms with Crippen LogP contribution in [0.1, 0.15) is 187 Å². The molecule has 9 heteroatoms. The lowest BCUT2D eigenvalue weighted by molar-refractivity contribution is -0.870. The Bertz CT molecular complexity index is 819. The second-order valence-corrected chi connectivity index (χ2v) is 16.8. The first-order chi connectivity index (χ1) is 23.5. The zero-order valence-electron chi connectivity index (χ0n) is 32.9. The molecule has 0 fully saturated rings. The van der Waals surface area contributed by atoms with Crippen molar-refractivity contribution in [2.45, 2.75) is 199 Å². The van der Waals surface area contributed by atoms with Crippen molar-refractivity contribution < 1.29 is 32.9 Å². The zero-order valence-corrected chi connectivity index (χ0v) is 33.8. The molecule has 0 spiro atoms. The number of aliphatic hydroxyl groups is 1. The van der Waals surface area contributed by atoms with Crippen molar-refractivity contribution in [2.75, 3.05) is 40.9 Å². The number of allylic oxidation sites excluding steroid dienone is 2. The number of hydrogen-bond acceptors (Lipinski definition) is 5. The first-order valence-corrected chi connectivity index (χ1v) is 22.0. The van der Waals surface area contributed by atoms with E-state index in [-0.39, 0.29) is 19.1 Å². The summed E-state index contributed by atoms with van der Waals surface area (Å²) in [6.45, 7) is 4.86. The number of amides is 1. The van der Waals surface area contributed by atoms with Crippen molar-refractivity contribution >= 4 is 13.7 Å². The summed E-state index contributed by atoms with van der Waals surface area (Å²) in [4.78, 5) is 23.0. The van der Waals surface area contributed by atoms with Gasteiger partial charge in [0.15, 0.2) is 0 Å². The molecule has 3 unspecified atom stereocenters. The van der Waals surface area contributed by atoms with Crippen LogP contribution in [0.15, 0.2) is 12.2 Å². The minimum absolute atomic E-state index is 0.0752. The van der Waals surface area contributed by atoms with Gasteiger partial charge in [-0.25, -0.2) is 4.57 Å². The Morgan fingerprint density at radius 1 is 0.673 bits per heavy atom. The van der Waals surface area contributed by atoms with Gasteiger partial charge in [0.25, 0.3) is 0 Å². The van der Waals surface area contributed by atoms with Crippen LogP contribution >= 0.6 is 7.82 Å². The Hall–Kier alpha value is -0.760. The molecular formula is C40H82N2O6P+. The molecular weight excluding hydrogens is 635 g/mol. The SMILES string of the molecule is CCCCCCCC/C=C\CCCCCCCCCC(=O)NC(COP(=O)(O)OCC[N+](C)(C)C)C(O)CCCCCCCCCCCC. The molecule has 49 heavy (non-hydrogen) atoms. The van der Waals surface area contributed by atoms with Crippen molar-refractivity contribution in [2.24, 2.45) is 0 Å². The minimum Gasteiger partial charge on any atom is -0.391 e. The molecule has 8 nitrogen and oxygen atoms in total. The fourth-order valence-electron chi connectivity index (χ4n) is 5.92. The number of nitrogens with zero attached hydrogens (tertiary/aromatic N) is 1. The molecule has 0 aromatic rings. The monoisotopic (exact) mass is 718 g/mol. The van der Waals surface area contributed by atoms with E-state index in [1.807, 2.05) is 21.1 Å². The maximum Gasteiger partial charge on any atom is 0.472 e. The van der Waals surface area contributed by atoms with Gasteiger partial charge in [0, 0.05) is 6.42 Å². The van der Waals surface area contributed by atoms with E-state index < -0.39 is 20.0 Å². The van der Waals surface area contributed by atoms with Crippen LogP contribution in [0.3, 0.4) is 0 Å². The molecule has 0 radical (unpaired) electrons. The number of carbonyl (C=O) groups is 1. The quantitative estimate of drug-likeness (QED) is 0.0256. The Kier molecular flexibility index (Phi) is 32.6. The Labute approximate surface area is 303 Å². The first kappa shape index (κ1) is 48.2.